The van der Waals surface area contributed by atoms with Gasteiger partial charge >= 0.3 is 0 Å². The summed E-state index contributed by atoms with van der Waals surface area (Å²) in [5.74, 6) is 0. The first-order valence-corrected chi connectivity index (χ1v) is 4.69. The first kappa shape index (κ1) is 11.7. The van der Waals surface area contributed by atoms with Gasteiger partial charge in [0.2, 0.25) is 0 Å². The SMILES string of the molecule is C=CCC(CCN(C)C)NCC. The fraction of sp³-hybridized carbons (Fsp3) is 0.800. The van der Waals surface area contributed by atoms with Crippen LogP contribution in [0.2, 0.25) is 0 Å². The molecule has 12 heavy (non-hydrogen) atoms. The summed E-state index contributed by atoms with van der Waals surface area (Å²) in [5.41, 5.74) is 0. The Bertz CT molecular complexity index is 110. The Hall–Kier alpha value is -0.340. The average Bonchev–Trinajstić information content (AvgIpc) is 2.01. The van der Waals surface area contributed by atoms with Crippen LogP contribution in [0.3, 0.4) is 0 Å². The fourth-order valence-electron chi connectivity index (χ4n) is 1.21. The van der Waals surface area contributed by atoms with Crippen LogP contribution in [0.25, 0.3) is 0 Å². The molecule has 0 aromatic carbocycles. The predicted octanol–water partition coefficient (Wildman–Crippen LogP) is 1.49. The molecule has 0 aromatic rings. The van der Waals surface area contributed by atoms with E-state index in [1.807, 2.05) is 6.08 Å². The maximum Gasteiger partial charge on any atom is 0.0113 e. The minimum absolute atomic E-state index is 0.606. The standard InChI is InChI=1S/C10H22N2/c1-5-7-10(11-6-2)8-9-12(3)4/h5,10-11H,1,6-9H2,2-4H3. The molecule has 1 atom stereocenters. The lowest BCUT2D eigenvalue weighted by Gasteiger charge is -2.18. The van der Waals surface area contributed by atoms with Crippen LogP contribution in [0.4, 0.5) is 0 Å². The summed E-state index contributed by atoms with van der Waals surface area (Å²) in [6.07, 6.45) is 4.26. The molecule has 0 aliphatic heterocycles. The van der Waals surface area contributed by atoms with Crippen molar-refractivity contribution in [3.8, 4) is 0 Å². The van der Waals surface area contributed by atoms with E-state index in [1.54, 1.807) is 0 Å². The molecular weight excluding hydrogens is 148 g/mol. The van der Waals surface area contributed by atoms with Crippen LogP contribution in [0, 0.1) is 0 Å². The smallest absolute Gasteiger partial charge is 0.0113 e. The van der Waals surface area contributed by atoms with Crippen molar-refractivity contribution in [2.45, 2.75) is 25.8 Å². The third kappa shape index (κ3) is 6.38. The molecule has 1 N–H and O–H groups in total. The van der Waals surface area contributed by atoms with E-state index in [0.717, 1.165) is 19.5 Å². The van der Waals surface area contributed by atoms with E-state index in [0.29, 0.717) is 6.04 Å². The van der Waals surface area contributed by atoms with Gasteiger partial charge in [0.25, 0.3) is 0 Å². The quantitative estimate of drug-likeness (QED) is 0.582. The molecule has 0 fully saturated rings. The van der Waals surface area contributed by atoms with Crippen molar-refractivity contribution in [2.75, 3.05) is 27.2 Å². The predicted molar refractivity (Wildman–Crippen MR) is 55.4 cm³/mol. The van der Waals surface area contributed by atoms with Gasteiger partial charge in [-0.25, -0.2) is 0 Å². The highest BCUT2D eigenvalue weighted by Crippen LogP contribution is 1.99. The molecule has 72 valence electrons. The number of nitrogens with zero attached hydrogens (tertiary/aromatic N) is 1. The first-order chi connectivity index (χ1) is 5.70. The summed E-state index contributed by atoms with van der Waals surface area (Å²) >= 11 is 0. The van der Waals surface area contributed by atoms with Crippen molar-refractivity contribution >= 4 is 0 Å². The Morgan fingerprint density at radius 3 is 2.58 bits per heavy atom. The van der Waals surface area contributed by atoms with Crippen molar-refractivity contribution in [3.05, 3.63) is 12.7 Å². The minimum Gasteiger partial charge on any atom is -0.314 e. The molecule has 0 saturated carbocycles. The van der Waals surface area contributed by atoms with Gasteiger partial charge in [-0.2, -0.15) is 0 Å². The number of rotatable bonds is 7. The van der Waals surface area contributed by atoms with Gasteiger partial charge in [0.1, 0.15) is 0 Å². The molecule has 1 unspecified atom stereocenters. The minimum atomic E-state index is 0.606. The average molecular weight is 170 g/mol. The Labute approximate surface area is 76.6 Å². The highest BCUT2D eigenvalue weighted by atomic mass is 15.1. The van der Waals surface area contributed by atoms with Crippen molar-refractivity contribution in [1.82, 2.24) is 10.2 Å². The van der Waals surface area contributed by atoms with E-state index < -0.39 is 0 Å². The van der Waals surface area contributed by atoms with Crippen LogP contribution >= 0.6 is 0 Å². The van der Waals surface area contributed by atoms with Crippen LogP contribution in [-0.4, -0.2) is 38.1 Å². The van der Waals surface area contributed by atoms with E-state index in [-0.39, 0.29) is 0 Å². The van der Waals surface area contributed by atoms with Crippen LogP contribution in [0.5, 0.6) is 0 Å². The Balaban J connectivity index is 3.54. The normalized spacial score (nSPS) is 13.3. The van der Waals surface area contributed by atoms with Crippen LogP contribution in [0.15, 0.2) is 12.7 Å². The zero-order valence-corrected chi connectivity index (χ0v) is 8.64. The van der Waals surface area contributed by atoms with Crippen molar-refractivity contribution in [2.24, 2.45) is 0 Å². The monoisotopic (exact) mass is 170 g/mol. The highest BCUT2D eigenvalue weighted by molar-refractivity contribution is 4.78. The third-order valence-electron chi connectivity index (χ3n) is 1.87. The second-order valence-corrected chi connectivity index (χ2v) is 3.37. The van der Waals surface area contributed by atoms with E-state index in [9.17, 15) is 0 Å². The summed E-state index contributed by atoms with van der Waals surface area (Å²) in [7, 11) is 4.22. The van der Waals surface area contributed by atoms with Crippen LogP contribution < -0.4 is 5.32 Å². The summed E-state index contributed by atoms with van der Waals surface area (Å²) in [6.45, 7) is 8.09. The molecule has 0 aromatic heterocycles. The van der Waals surface area contributed by atoms with Gasteiger partial charge in [-0.05, 0) is 40.0 Å². The van der Waals surface area contributed by atoms with Gasteiger partial charge in [-0.1, -0.05) is 13.0 Å². The Kier molecular flexibility index (Phi) is 7.11. The van der Waals surface area contributed by atoms with Crippen molar-refractivity contribution in [3.63, 3.8) is 0 Å². The van der Waals surface area contributed by atoms with Gasteiger partial charge in [0.15, 0.2) is 0 Å². The van der Waals surface area contributed by atoms with Crippen molar-refractivity contribution < 1.29 is 0 Å². The lowest BCUT2D eigenvalue weighted by atomic mass is 10.1. The number of hydrogen-bond acceptors (Lipinski definition) is 2. The third-order valence-corrected chi connectivity index (χ3v) is 1.87. The maximum absolute atomic E-state index is 3.76. The topological polar surface area (TPSA) is 15.3 Å². The van der Waals surface area contributed by atoms with Crippen LogP contribution in [0.1, 0.15) is 19.8 Å². The molecule has 0 radical (unpaired) electrons. The molecule has 0 saturated heterocycles. The molecule has 0 aliphatic carbocycles. The molecule has 2 nitrogen and oxygen atoms in total. The zero-order valence-electron chi connectivity index (χ0n) is 8.64. The maximum atomic E-state index is 3.76. The van der Waals surface area contributed by atoms with Gasteiger partial charge in [0, 0.05) is 6.04 Å². The summed E-state index contributed by atoms with van der Waals surface area (Å²) in [4.78, 5) is 2.22. The van der Waals surface area contributed by atoms with E-state index in [4.69, 9.17) is 0 Å². The fourth-order valence-corrected chi connectivity index (χ4v) is 1.21. The molecule has 0 rings (SSSR count). The van der Waals surface area contributed by atoms with E-state index in [1.165, 1.54) is 6.42 Å². The van der Waals surface area contributed by atoms with Crippen LogP contribution in [-0.2, 0) is 0 Å². The summed E-state index contributed by atoms with van der Waals surface area (Å²) < 4.78 is 0. The Morgan fingerprint density at radius 2 is 2.17 bits per heavy atom. The molecule has 0 heterocycles. The molecule has 2 heteroatoms. The molecular formula is C10H22N2. The van der Waals surface area contributed by atoms with Gasteiger partial charge in [-0.3, -0.25) is 0 Å². The molecule has 0 aliphatic rings. The number of nitrogens with one attached hydrogen (secondary N) is 1. The van der Waals surface area contributed by atoms with Gasteiger partial charge in [-0.15, -0.1) is 6.58 Å². The van der Waals surface area contributed by atoms with E-state index in [2.05, 4.69) is 37.8 Å². The number of hydrogen-bond donors (Lipinski definition) is 1. The molecule has 0 amide bonds. The van der Waals surface area contributed by atoms with Crippen molar-refractivity contribution in [1.29, 1.82) is 0 Å². The Morgan fingerprint density at radius 1 is 1.50 bits per heavy atom. The first-order valence-electron chi connectivity index (χ1n) is 4.69. The summed E-state index contributed by atoms with van der Waals surface area (Å²) in [5, 5.41) is 3.44. The zero-order chi connectivity index (χ0) is 9.40. The molecule has 0 spiro atoms. The lowest BCUT2D eigenvalue weighted by Crippen LogP contribution is -2.31. The van der Waals surface area contributed by atoms with Gasteiger partial charge < -0.3 is 10.2 Å². The molecule has 0 bridgehead atoms. The van der Waals surface area contributed by atoms with E-state index >= 15 is 0 Å². The van der Waals surface area contributed by atoms with Gasteiger partial charge in [0.05, 0.1) is 0 Å². The largest absolute Gasteiger partial charge is 0.314 e. The highest BCUT2D eigenvalue weighted by Gasteiger charge is 2.04. The summed E-state index contributed by atoms with van der Waals surface area (Å²) in [6, 6.07) is 0.606. The second-order valence-electron chi connectivity index (χ2n) is 3.37. The lowest BCUT2D eigenvalue weighted by molar-refractivity contribution is 0.360. The second kappa shape index (κ2) is 7.32.